The van der Waals surface area contributed by atoms with E-state index < -0.39 is 0 Å². The zero-order valence-corrected chi connectivity index (χ0v) is 14.2. The molecule has 4 heteroatoms. The van der Waals surface area contributed by atoms with Gasteiger partial charge in [0.05, 0.1) is 12.3 Å². The molecule has 4 rings (SSSR count). The van der Waals surface area contributed by atoms with E-state index in [1.165, 1.54) is 12.8 Å². The topological polar surface area (TPSA) is 45.5 Å². The number of furan rings is 1. The number of likely N-dealkylation sites (tertiary alicyclic amines) is 1. The SMILES string of the molecule is O=C(NC[C@H](c1ccco1)N1CCCC1)c1ccc2ccccc2c1. The molecule has 1 aromatic heterocycles. The Bertz CT molecular complexity index is 851. The minimum absolute atomic E-state index is 0.0403. The van der Waals surface area contributed by atoms with Gasteiger partial charge in [-0.1, -0.05) is 30.3 Å². The average molecular weight is 334 g/mol. The van der Waals surface area contributed by atoms with E-state index in [9.17, 15) is 4.79 Å². The summed E-state index contributed by atoms with van der Waals surface area (Å²) in [5.41, 5.74) is 0.693. The fraction of sp³-hybridized carbons (Fsp3) is 0.286. The molecule has 1 amide bonds. The highest BCUT2D eigenvalue weighted by atomic mass is 16.3. The summed E-state index contributed by atoms with van der Waals surface area (Å²) in [4.78, 5) is 15.0. The first-order chi connectivity index (χ1) is 12.3. The molecule has 0 bridgehead atoms. The summed E-state index contributed by atoms with van der Waals surface area (Å²) in [6.07, 6.45) is 4.11. The number of nitrogens with one attached hydrogen (secondary N) is 1. The Morgan fingerprint density at radius 2 is 1.84 bits per heavy atom. The van der Waals surface area contributed by atoms with Gasteiger partial charge in [0.1, 0.15) is 5.76 Å². The van der Waals surface area contributed by atoms with Crippen molar-refractivity contribution in [3.63, 3.8) is 0 Å². The third-order valence-electron chi connectivity index (χ3n) is 4.92. The Labute approximate surface area is 147 Å². The number of benzene rings is 2. The van der Waals surface area contributed by atoms with Crippen LogP contribution in [0.3, 0.4) is 0 Å². The molecule has 3 aromatic rings. The summed E-state index contributed by atoms with van der Waals surface area (Å²) in [5, 5.41) is 5.31. The van der Waals surface area contributed by atoms with Crippen LogP contribution in [-0.2, 0) is 0 Å². The lowest BCUT2D eigenvalue weighted by atomic mass is 10.1. The summed E-state index contributed by atoms with van der Waals surface area (Å²) < 4.78 is 5.61. The van der Waals surface area contributed by atoms with Gasteiger partial charge in [-0.05, 0) is 61.0 Å². The molecule has 128 valence electrons. The first kappa shape index (κ1) is 15.9. The lowest BCUT2D eigenvalue weighted by Crippen LogP contribution is -2.36. The zero-order chi connectivity index (χ0) is 17.1. The third-order valence-corrected chi connectivity index (χ3v) is 4.92. The van der Waals surface area contributed by atoms with E-state index in [2.05, 4.69) is 16.3 Å². The molecule has 2 aromatic carbocycles. The maximum Gasteiger partial charge on any atom is 0.251 e. The van der Waals surface area contributed by atoms with Crippen molar-refractivity contribution in [2.45, 2.75) is 18.9 Å². The van der Waals surface area contributed by atoms with E-state index in [1.54, 1.807) is 6.26 Å². The van der Waals surface area contributed by atoms with Crippen LogP contribution in [0.1, 0.15) is 35.0 Å². The predicted molar refractivity (Wildman–Crippen MR) is 98.5 cm³/mol. The number of carbonyl (C=O) groups excluding carboxylic acids is 1. The number of carbonyl (C=O) groups is 1. The van der Waals surface area contributed by atoms with Gasteiger partial charge in [0.2, 0.25) is 0 Å². The smallest absolute Gasteiger partial charge is 0.251 e. The Balaban J connectivity index is 1.48. The van der Waals surface area contributed by atoms with E-state index in [1.807, 2.05) is 48.5 Å². The van der Waals surface area contributed by atoms with Gasteiger partial charge in [0, 0.05) is 12.1 Å². The maximum absolute atomic E-state index is 12.6. The number of fused-ring (bicyclic) bond motifs is 1. The summed E-state index contributed by atoms with van der Waals surface area (Å²) in [7, 11) is 0. The molecule has 0 aliphatic carbocycles. The largest absolute Gasteiger partial charge is 0.468 e. The molecular formula is C21H22N2O2. The van der Waals surface area contributed by atoms with Crippen LogP contribution in [-0.4, -0.2) is 30.4 Å². The molecule has 4 nitrogen and oxygen atoms in total. The van der Waals surface area contributed by atoms with Crippen molar-refractivity contribution in [3.05, 3.63) is 72.2 Å². The monoisotopic (exact) mass is 334 g/mol. The van der Waals surface area contributed by atoms with Crippen LogP contribution in [0, 0.1) is 0 Å². The minimum atomic E-state index is -0.0403. The van der Waals surface area contributed by atoms with Crippen LogP contribution < -0.4 is 5.32 Å². The van der Waals surface area contributed by atoms with Crippen molar-refractivity contribution < 1.29 is 9.21 Å². The van der Waals surface area contributed by atoms with Crippen molar-refractivity contribution in [3.8, 4) is 0 Å². The predicted octanol–water partition coefficient (Wildman–Crippen LogP) is 4.00. The molecule has 1 N–H and O–H groups in total. The molecule has 1 fully saturated rings. The lowest BCUT2D eigenvalue weighted by Gasteiger charge is -2.26. The maximum atomic E-state index is 12.6. The minimum Gasteiger partial charge on any atom is -0.468 e. The first-order valence-corrected chi connectivity index (χ1v) is 8.86. The second kappa shape index (κ2) is 7.11. The molecule has 0 saturated carbocycles. The second-order valence-electron chi connectivity index (χ2n) is 6.55. The second-order valence-corrected chi connectivity index (χ2v) is 6.55. The number of amides is 1. The molecular weight excluding hydrogens is 312 g/mol. The van der Waals surface area contributed by atoms with Gasteiger partial charge in [-0.15, -0.1) is 0 Å². The normalized spacial score (nSPS) is 16.2. The van der Waals surface area contributed by atoms with Gasteiger partial charge in [0.15, 0.2) is 0 Å². The number of rotatable bonds is 5. The molecule has 1 atom stereocenters. The van der Waals surface area contributed by atoms with Crippen molar-refractivity contribution in [2.24, 2.45) is 0 Å². The van der Waals surface area contributed by atoms with Crippen LogP contribution >= 0.6 is 0 Å². The molecule has 1 aliphatic rings. The molecule has 0 unspecified atom stereocenters. The van der Waals surface area contributed by atoms with Gasteiger partial charge in [-0.25, -0.2) is 0 Å². The zero-order valence-electron chi connectivity index (χ0n) is 14.2. The van der Waals surface area contributed by atoms with Crippen molar-refractivity contribution in [1.29, 1.82) is 0 Å². The highest BCUT2D eigenvalue weighted by molar-refractivity contribution is 5.98. The van der Waals surface area contributed by atoms with Crippen LogP contribution in [0.4, 0.5) is 0 Å². The Morgan fingerprint density at radius 3 is 2.60 bits per heavy atom. The van der Waals surface area contributed by atoms with E-state index in [0.29, 0.717) is 12.1 Å². The summed E-state index contributed by atoms with van der Waals surface area (Å²) in [5.74, 6) is 0.877. The Kier molecular flexibility index (Phi) is 4.53. The Morgan fingerprint density at radius 1 is 1.04 bits per heavy atom. The molecule has 1 saturated heterocycles. The van der Waals surface area contributed by atoms with E-state index >= 15 is 0 Å². The highest BCUT2D eigenvalue weighted by Gasteiger charge is 2.26. The van der Waals surface area contributed by atoms with Crippen LogP contribution in [0.2, 0.25) is 0 Å². The standard InChI is InChI=1S/C21H22N2O2/c24-21(18-10-9-16-6-1-2-7-17(16)14-18)22-15-19(20-8-5-13-25-20)23-11-3-4-12-23/h1-2,5-10,13-14,19H,3-4,11-12,15H2,(H,22,24)/t19-/m1/s1. The van der Waals surface area contributed by atoms with Crippen LogP contribution in [0.25, 0.3) is 10.8 Å². The third kappa shape index (κ3) is 3.44. The quantitative estimate of drug-likeness (QED) is 0.767. The van der Waals surface area contributed by atoms with E-state index in [4.69, 9.17) is 4.42 Å². The van der Waals surface area contributed by atoms with Gasteiger partial charge in [-0.3, -0.25) is 9.69 Å². The molecule has 0 spiro atoms. The highest BCUT2D eigenvalue weighted by Crippen LogP contribution is 2.25. The van der Waals surface area contributed by atoms with Gasteiger partial charge in [-0.2, -0.15) is 0 Å². The fourth-order valence-corrected chi connectivity index (χ4v) is 3.57. The van der Waals surface area contributed by atoms with E-state index in [-0.39, 0.29) is 11.9 Å². The van der Waals surface area contributed by atoms with Crippen LogP contribution in [0.15, 0.2) is 65.3 Å². The van der Waals surface area contributed by atoms with E-state index in [0.717, 1.165) is 29.6 Å². The van der Waals surface area contributed by atoms with Crippen molar-refractivity contribution in [2.75, 3.05) is 19.6 Å². The molecule has 25 heavy (non-hydrogen) atoms. The number of hydrogen-bond donors (Lipinski definition) is 1. The van der Waals surface area contributed by atoms with Crippen molar-refractivity contribution >= 4 is 16.7 Å². The fourth-order valence-electron chi connectivity index (χ4n) is 3.57. The number of hydrogen-bond acceptors (Lipinski definition) is 3. The molecule has 0 radical (unpaired) electrons. The first-order valence-electron chi connectivity index (χ1n) is 8.86. The molecule has 1 aliphatic heterocycles. The lowest BCUT2D eigenvalue weighted by molar-refractivity contribution is 0.0934. The van der Waals surface area contributed by atoms with Gasteiger partial charge >= 0.3 is 0 Å². The van der Waals surface area contributed by atoms with Gasteiger partial charge < -0.3 is 9.73 Å². The Hall–Kier alpha value is -2.59. The average Bonchev–Trinajstić information content (AvgIpc) is 3.36. The summed E-state index contributed by atoms with van der Waals surface area (Å²) >= 11 is 0. The summed E-state index contributed by atoms with van der Waals surface area (Å²) in [6.45, 7) is 2.66. The van der Waals surface area contributed by atoms with Crippen LogP contribution in [0.5, 0.6) is 0 Å². The number of nitrogens with zero attached hydrogens (tertiary/aromatic N) is 1. The molecule has 2 heterocycles. The van der Waals surface area contributed by atoms with Crippen molar-refractivity contribution in [1.82, 2.24) is 10.2 Å². The summed E-state index contributed by atoms with van der Waals surface area (Å²) in [6, 6.07) is 17.9. The van der Waals surface area contributed by atoms with Gasteiger partial charge in [0.25, 0.3) is 5.91 Å².